The molecule has 2 rings (SSSR count). The van der Waals surface area contributed by atoms with Gasteiger partial charge in [-0.1, -0.05) is 36.4 Å². The van der Waals surface area contributed by atoms with Crippen molar-refractivity contribution in [3.63, 3.8) is 0 Å². The highest BCUT2D eigenvalue weighted by molar-refractivity contribution is 7.88. The van der Waals surface area contributed by atoms with Gasteiger partial charge in [-0.15, -0.1) is 0 Å². The molecule has 5 nitrogen and oxygen atoms in total. The normalized spacial score (nSPS) is 11.6. The van der Waals surface area contributed by atoms with E-state index in [0.717, 1.165) is 10.8 Å². The molecule has 0 spiro atoms. The molecular formula is C12H14N2O3S. The maximum atomic E-state index is 11.6. The minimum Gasteiger partial charge on any atom is -0.328 e. The summed E-state index contributed by atoms with van der Waals surface area (Å²) in [5.41, 5.74) is 5.69. The zero-order chi connectivity index (χ0) is 13.0. The van der Waals surface area contributed by atoms with Crippen molar-refractivity contribution < 1.29 is 12.6 Å². The highest BCUT2D eigenvalue weighted by Crippen LogP contribution is 2.23. The molecule has 0 unspecified atom stereocenters. The molecule has 0 radical (unpaired) electrons. The summed E-state index contributed by atoms with van der Waals surface area (Å²) in [6.07, 6.45) is 0. The van der Waals surface area contributed by atoms with Gasteiger partial charge in [0, 0.05) is 11.9 Å². The number of rotatable bonds is 5. The van der Waals surface area contributed by atoms with Crippen LogP contribution in [0.25, 0.3) is 10.8 Å². The Bertz CT molecular complexity index is 635. The molecule has 0 aliphatic heterocycles. The van der Waals surface area contributed by atoms with Crippen molar-refractivity contribution in [1.29, 1.82) is 0 Å². The fourth-order valence-corrected chi connectivity index (χ4v) is 2.46. The molecule has 0 heterocycles. The molecule has 0 aromatic heterocycles. The van der Waals surface area contributed by atoms with E-state index in [4.69, 9.17) is 5.73 Å². The van der Waals surface area contributed by atoms with E-state index in [0.29, 0.717) is 5.69 Å². The molecule has 3 N–H and O–H groups in total. The molecule has 2 aromatic carbocycles. The number of benzene rings is 2. The lowest BCUT2D eigenvalue weighted by molar-refractivity contribution is 0.331. The Balaban J connectivity index is 2.32. The second-order valence-corrected chi connectivity index (χ2v) is 5.04. The molecule has 6 heteroatoms. The molecule has 0 fully saturated rings. The lowest BCUT2D eigenvalue weighted by Crippen LogP contribution is -2.20. The molecule has 0 saturated carbocycles. The summed E-state index contributed by atoms with van der Waals surface area (Å²) in [6, 6.07) is 12.9. The van der Waals surface area contributed by atoms with E-state index in [9.17, 15) is 8.42 Å². The molecule has 0 atom stereocenters. The van der Waals surface area contributed by atoms with Crippen molar-refractivity contribution in [2.24, 2.45) is 5.73 Å². The van der Waals surface area contributed by atoms with E-state index in [2.05, 4.69) is 8.91 Å². The lowest BCUT2D eigenvalue weighted by atomic mass is 10.1. The summed E-state index contributed by atoms with van der Waals surface area (Å²) in [7, 11) is -3.82. The Kier molecular flexibility index (Phi) is 3.81. The Hall–Kier alpha value is -1.63. The minimum atomic E-state index is -3.82. The minimum absolute atomic E-state index is 0.0416. The second kappa shape index (κ2) is 5.34. The van der Waals surface area contributed by atoms with E-state index in [-0.39, 0.29) is 13.2 Å². The largest absolute Gasteiger partial charge is 0.360 e. The van der Waals surface area contributed by atoms with Gasteiger partial charge < -0.3 is 5.73 Å². The summed E-state index contributed by atoms with van der Waals surface area (Å²) in [5.74, 6) is 0. The van der Waals surface area contributed by atoms with Gasteiger partial charge in [-0.2, -0.15) is 8.42 Å². The first-order chi connectivity index (χ1) is 8.62. The fraction of sp³-hybridized carbons (Fsp3) is 0.167. The third-order valence-corrected chi connectivity index (χ3v) is 3.33. The fourth-order valence-electron chi connectivity index (χ4n) is 1.64. The molecule has 2 aromatic rings. The van der Waals surface area contributed by atoms with Crippen LogP contribution in [0.5, 0.6) is 0 Å². The standard InChI is InChI=1S/C12H14N2O3S/c13-8-9-17-18(15,16)14-12-7-3-5-10-4-1-2-6-11(10)12/h1-7,14H,8-9,13H2. The average Bonchev–Trinajstić information content (AvgIpc) is 2.37. The first kappa shape index (κ1) is 12.8. The first-order valence-corrected chi connectivity index (χ1v) is 6.88. The van der Waals surface area contributed by atoms with Crippen LogP contribution in [0, 0.1) is 0 Å². The smallest absolute Gasteiger partial charge is 0.328 e. The van der Waals surface area contributed by atoms with Crippen molar-refractivity contribution in [3.05, 3.63) is 42.5 Å². The summed E-state index contributed by atoms with van der Waals surface area (Å²) in [6.45, 7) is 0.108. The van der Waals surface area contributed by atoms with E-state index in [1.807, 2.05) is 30.3 Å². The molecule has 0 aliphatic rings. The molecule has 0 saturated heterocycles. The van der Waals surface area contributed by atoms with E-state index < -0.39 is 10.3 Å². The van der Waals surface area contributed by atoms with Gasteiger partial charge in [0.15, 0.2) is 0 Å². The van der Waals surface area contributed by atoms with Gasteiger partial charge in [-0.25, -0.2) is 0 Å². The molecular weight excluding hydrogens is 252 g/mol. The van der Waals surface area contributed by atoms with E-state index in [1.165, 1.54) is 0 Å². The van der Waals surface area contributed by atoms with Gasteiger partial charge in [-0.05, 0) is 11.5 Å². The molecule has 0 aliphatic carbocycles. The Labute approximate surface area is 106 Å². The van der Waals surface area contributed by atoms with Gasteiger partial charge in [0.05, 0.1) is 12.3 Å². The quantitative estimate of drug-likeness (QED) is 0.858. The maximum Gasteiger partial charge on any atom is 0.360 e. The van der Waals surface area contributed by atoms with Gasteiger partial charge in [0.25, 0.3) is 0 Å². The second-order valence-electron chi connectivity index (χ2n) is 3.69. The lowest BCUT2D eigenvalue weighted by Gasteiger charge is -2.10. The van der Waals surface area contributed by atoms with E-state index >= 15 is 0 Å². The van der Waals surface area contributed by atoms with Gasteiger partial charge >= 0.3 is 10.3 Å². The van der Waals surface area contributed by atoms with Gasteiger partial charge in [0.1, 0.15) is 0 Å². The van der Waals surface area contributed by atoms with Gasteiger partial charge in [0.2, 0.25) is 0 Å². The van der Waals surface area contributed by atoms with Crippen molar-refractivity contribution in [2.45, 2.75) is 0 Å². The Morgan fingerprint density at radius 2 is 1.83 bits per heavy atom. The maximum absolute atomic E-state index is 11.6. The third-order valence-electron chi connectivity index (χ3n) is 2.38. The predicted octanol–water partition coefficient (Wildman–Crippen LogP) is 1.47. The zero-order valence-corrected chi connectivity index (χ0v) is 10.5. The molecule has 18 heavy (non-hydrogen) atoms. The monoisotopic (exact) mass is 266 g/mol. The number of nitrogens with two attached hydrogens (primary N) is 1. The summed E-state index contributed by atoms with van der Waals surface area (Å²) in [5, 5.41) is 1.77. The SMILES string of the molecule is NCCOS(=O)(=O)Nc1cccc2ccccc12. The van der Waals surface area contributed by atoms with Crippen LogP contribution >= 0.6 is 0 Å². The highest BCUT2D eigenvalue weighted by atomic mass is 32.2. The highest BCUT2D eigenvalue weighted by Gasteiger charge is 2.11. The van der Waals surface area contributed by atoms with Crippen LogP contribution in [0.1, 0.15) is 0 Å². The Morgan fingerprint density at radius 1 is 1.11 bits per heavy atom. The topological polar surface area (TPSA) is 81.4 Å². The summed E-state index contributed by atoms with van der Waals surface area (Å²) < 4.78 is 30.3. The number of fused-ring (bicyclic) bond motifs is 1. The van der Waals surface area contributed by atoms with Gasteiger partial charge in [-0.3, -0.25) is 8.91 Å². The van der Waals surface area contributed by atoms with E-state index in [1.54, 1.807) is 12.1 Å². The van der Waals surface area contributed by atoms with Crippen LogP contribution in [0.4, 0.5) is 5.69 Å². The molecule has 0 bridgehead atoms. The number of hydrogen-bond acceptors (Lipinski definition) is 4. The zero-order valence-electron chi connectivity index (χ0n) is 9.67. The number of hydrogen-bond donors (Lipinski definition) is 2. The first-order valence-electron chi connectivity index (χ1n) is 5.47. The van der Waals surface area contributed by atoms with Crippen LogP contribution < -0.4 is 10.5 Å². The average molecular weight is 266 g/mol. The van der Waals surface area contributed by atoms with Crippen molar-refractivity contribution in [1.82, 2.24) is 0 Å². The van der Waals surface area contributed by atoms with Crippen LogP contribution in [-0.4, -0.2) is 21.6 Å². The summed E-state index contributed by atoms with van der Waals surface area (Å²) >= 11 is 0. The van der Waals surface area contributed by atoms with Crippen LogP contribution in [0.2, 0.25) is 0 Å². The summed E-state index contributed by atoms with van der Waals surface area (Å²) in [4.78, 5) is 0. The van der Waals surface area contributed by atoms with Crippen molar-refractivity contribution in [2.75, 3.05) is 17.9 Å². The van der Waals surface area contributed by atoms with Crippen LogP contribution in [0.15, 0.2) is 42.5 Å². The molecule has 96 valence electrons. The predicted molar refractivity (Wildman–Crippen MR) is 71.5 cm³/mol. The van der Waals surface area contributed by atoms with Crippen LogP contribution in [0.3, 0.4) is 0 Å². The van der Waals surface area contributed by atoms with Crippen LogP contribution in [-0.2, 0) is 14.5 Å². The number of anilines is 1. The third kappa shape index (κ3) is 2.98. The van der Waals surface area contributed by atoms with Crippen molar-refractivity contribution in [3.8, 4) is 0 Å². The number of nitrogens with one attached hydrogen (secondary N) is 1. The molecule has 0 amide bonds. The van der Waals surface area contributed by atoms with Crippen molar-refractivity contribution >= 4 is 26.8 Å². The Morgan fingerprint density at radius 3 is 2.61 bits per heavy atom.